The molecular formula is C24H19F3N4O3. The largest absolute Gasteiger partial charge is 0.381 e. The third-order valence-corrected chi connectivity index (χ3v) is 6.72. The first-order valence-electron chi connectivity index (χ1n) is 11.0. The highest BCUT2D eigenvalue weighted by atomic mass is 19.1. The second kappa shape index (κ2) is 7.69. The van der Waals surface area contributed by atoms with E-state index in [0.717, 1.165) is 12.1 Å². The zero-order chi connectivity index (χ0) is 23.6. The van der Waals surface area contributed by atoms with Crippen LogP contribution < -0.4 is 5.56 Å². The highest BCUT2D eigenvalue weighted by Crippen LogP contribution is 2.32. The van der Waals surface area contributed by atoms with Crippen LogP contribution in [0.3, 0.4) is 0 Å². The number of nitrogens with one attached hydrogen (secondary N) is 1. The van der Waals surface area contributed by atoms with E-state index in [-0.39, 0.29) is 41.3 Å². The highest BCUT2D eigenvalue weighted by molar-refractivity contribution is 6.06. The van der Waals surface area contributed by atoms with Crippen LogP contribution in [0.15, 0.2) is 35.3 Å². The molecule has 2 aliphatic rings. The monoisotopic (exact) mass is 468 g/mol. The van der Waals surface area contributed by atoms with Crippen molar-refractivity contribution in [3.63, 3.8) is 0 Å². The molecule has 0 atom stereocenters. The number of aromatic amines is 1. The molecule has 10 heteroatoms. The number of nitrogens with zero attached hydrogens (tertiary/aromatic N) is 3. The Morgan fingerprint density at radius 1 is 1.00 bits per heavy atom. The van der Waals surface area contributed by atoms with Crippen LogP contribution in [0, 0.1) is 17.5 Å². The fourth-order valence-corrected chi connectivity index (χ4v) is 4.96. The van der Waals surface area contributed by atoms with Crippen molar-refractivity contribution >= 4 is 27.7 Å². The molecule has 0 unspecified atom stereocenters. The molecular weight excluding hydrogens is 449 g/mol. The molecule has 0 spiro atoms. The topological polar surface area (TPSA) is 80.2 Å². The van der Waals surface area contributed by atoms with Crippen molar-refractivity contribution in [3.05, 3.63) is 75.0 Å². The van der Waals surface area contributed by atoms with Gasteiger partial charge in [0.1, 0.15) is 17.5 Å². The van der Waals surface area contributed by atoms with Gasteiger partial charge in [0.15, 0.2) is 0 Å². The van der Waals surface area contributed by atoms with Gasteiger partial charge < -0.3 is 14.6 Å². The Balaban J connectivity index is 1.44. The van der Waals surface area contributed by atoms with E-state index < -0.39 is 28.9 Å². The standard InChI is InChI=1S/C24H19F3N4O3/c25-18-1-2-19(26)17-11-30(10-16(17)18)24(33)13-8-21-14(7-20(13)27)22-15(23(32)29-21)9-28-31(22)12-3-5-34-6-4-12/h1-2,7-9,12H,3-6,10-11H2,(H,29,32). The summed E-state index contributed by atoms with van der Waals surface area (Å²) in [6.07, 6.45) is 2.89. The molecule has 1 fully saturated rings. The Morgan fingerprint density at radius 2 is 1.68 bits per heavy atom. The van der Waals surface area contributed by atoms with Crippen molar-refractivity contribution in [1.29, 1.82) is 0 Å². The lowest BCUT2D eigenvalue weighted by atomic mass is 10.1. The second-order valence-electron chi connectivity index (χ2n) is 8.67. The maximum atomic E-state index is 15.3. The highest BCUT2D eigenvalue weighted by Gasteiger charge is 2.31. The van der Waals surface area contributed by atoms with Gasteiger partial charge in [0.25, 0.3) is 11.5 Å². The molecule has 1 amide bonds. The van der Waals surface area contributed by atoms with E-state index in [1.165, 1.54) is 23.2 Å². The summed E-state index contributed by atoms with van der Waals surface area (Å²) in [7, 11) is 0. The number of carbonyl (C=O) groups is 1. The first kappa shape index (κ1) is 20.9. The normalized spacial score (nSPS) is 16.5. The van der Waals surface area contributed by atoms with E-state index in [4.69, 9.17) is 4.74 Å². The summed E-state index contributed by atoms with van der Waals surface area (Å²) in [4.78, 5) is 29.8. The van der Waals surface area contributed by atoms with Crippen molar-refractivity contribution < 1.29 is 22.7 Å². The quantitative estimate of drug-likeness (QED) is 0.485. The number of hydrogen-bond acceptors (Lipinski definition) is 4. The van der Waals surface area contributed by atoms with Crippen LogP contribution in [0.25, 0.3) is 21.8 Å². The predicted octanol–water partition coefficient (Wildman–Crippen LogP) is 3.80. The van der Waals surface area contributed by atoms with E-state index in [0.29, 0.717) is 42.3 Å². The van der Waals surface area contributed by atoms with Crippen LogP contribution in [0.5, 0.6) is 0 Å². The molecule has 1 N–H and O–H groups in total. The smallest absolute Gasteiger partial charge is 0.259 e. The SMILES string of the molecule is O=C(c1cc2[nH]c(=O)c3cnn(C4CCOCC4)c3c2cc1F)N1Cc2c(F)ccc(F)c2C1. The van der Waals surface area contributed by atoms with Crippen LogP contribution in [0.4, 0.5) is 13.2 Å². The van der Waals surface area contributed by atoms with Crippen LogP contribution in [-0.4, -0.2) is 38.8 Å². The minimum atomic E-state index is -0.789. The summed E-state index contributed by atoms with van der Waals surface area (Å²) in [6, 6.07) is 4.52. The molecule has 2 aromatic heterocycles. The van der Waals surface area contributed by atoms with Crippen LogP contribution in [0.1, 0.15) is 40.4 Å². The Morgan fingerprint density at radius 3 is 2.35 bits per heavy atom. The molecule has 2 aromatic carbocycles. The Labute approximate surface area is 190 Å². The van der Waals surface area contributed by atoms with Gasteiger partial charge >= 0.3 is 0 Å². The molecule has 0 bridgehead atoms. The van der Waals surface area contributed by atoms with Gasteiger partial charge in [0.05, 0.1) is 34.2 Å². The number of H-pyrrole nitrogens is 1. The average Bonchev–Trinajstić information content (AvgIpc) is 3.49. The van der Waals surface area contributed by atoms with Gasteiger partial charge in [-0.2, -0.15) is 5.10 Å². The van der Waals surface area contributed by atoms with Crippen molar-refractivity contribution in [2.24, 2.45) is 0 Å². The summed E-state index contributed by atoms with van der Waals surface area (Å²) < 4.78 is 50.7. The number of ether oxygens (including phenoxy) is 1. The van der Waals surface area contributed by atoms with Crippen LogP contribution in [0.2, 0.25) is 0 Å². The Kier molecular flexibility index (Phi) is 4.73. The van der Waals surface area contributed by atoms with Gasteiger partial charge in [-0.3, -0.25) is 14.3 Å². The van der Waals surface area contributed by atoms with Crippen LogP contribution >= 0.6 is 0 Å². The molecule has 7 nitrogen and oxygen atoms in total. The van der Waals surface area contributed by atoms with E-state index in [9.17, 15) is 18.4 Å². The molecule has 6 rings (SSSR count). The zero-order valence-electron chi connectivity index (χ0n) is 17.9. The van der Waals surface area contributed by atoms with Gasteiger partial charge in [0, 0.05) is 42.8 Å². The van der Waals surface area contributed by atoms with Crippen molar-refractivity contribution in [2.45, 2.75) is 32.0 Å². The lowest BCUT2D eigenvalue weighted by Gasteiger charge is -2.23. The van der Waals surface area contributed by atoms with Crippen LogP contribution in [-0.2, 0) is 17.8 Å². The van der Waals surface area contributed by atoms with Gasteiger partial charge in [-0.15, -0.1) is 0 Å². The number of benzene rings is 2. The van der Waals surface area contributed by atoms with Gasteiger partial charge in [-0.05, 0) is 37.1 Å². The minimum Gasteiger partial charge on any atom is -0.381 e. The van der Waals surface area contributed by atoms with Crippen molar-refractivity contribution in [1.82, 2.24) is 19.7 Å². The maximum Gasteiger partial charge on any atom is 0.259 e. The number of amides is 1. The maximum absolute atomic E-state index is 15.3. The third-order valence-electron chi connectivity index (χ3n) is 6.72. The number of halogens is 3. The van der Waals surface area contributed by atoms with Crippen molar-refractivity contribution in [2.75, 3.05) is 13.2 Å². The zero-order valence-corrected chi connectivity index (χ0v) is 17.9. The van der Waals surface area contributed by atoms with Gasteiger partial charge in [0.2, 0.25) is 0 Å². The predicted molar refractivity (Wildman–Crippen MR) is 117 cm³/mol. The first-order chi connectivity index (χ1) is 16.4. The molecule has 1 saturated heterocycles. The number of pyridine rings is 1. The minimum absolute atomic E-state index is 0.00789. The Hall–Kier alpha value is -3.66. The number of hydrogen-bond donors (Lipinski definition) is 1. The van der Waals surface area contributed by atoms with Crippen molar-refractivity contribution in [3.8, 4) is 0 Å². The molecule has 2 aliphatic heterocycles. The van der Waals surface area contributed by atoms with E-state index >= 15 is 4.39 Å². The number of fused-ring (bicyclic) bond motifs is 4. The molecule has 34 heavy (non-hydrogen) atoms. The molecule has 0 saturated carbocycles. The number of aromatic nitrogens is 3. The summed E-state index contributed by atoms with van der Waals surface area (Å²) >= 11 is 0. The van der Waals surface area contributed by atoms with Gasteiger partial charge in [-0.1, -0.05) is 0 Å². The summed E-state index contributed by atoms with van der Waals surface area (Å²) in [5.74, 6) is -2.73. The number of rotatable bonds is 2. The lowest BCUT2D eigenvalue weighted by molar-refractivity contribution is 0.0675. The summed E-state index contributed by atoms with van der Waals surface area (Å²) in [5.41, 5.74) is 0.276. The summed E-state index contributed by atoms with van der Waals surface area (Å²) in [6.45, 7) is 0.807. The third kappa shape index (κ3) is 3.12. The number of carbonyl (C=O) groups excluding carboxylic acids is 1. The van der Waals surface area contributed by atoms with E-state index in [2.05, 4.69) is 10.1 Å². The van der Waals surface area contributed by atoms with E-state index in [1.54, 1.807) is 4.68 Å². The van der Waals surface area contributed by atoms with E-state index in [1.807, 2.05) is 0 Å². The molecule has 4 heterocycles. The Bertz CT molecular complexity index is 1510. The molecule has 0 aliphatic carbocycles. The fourth-order valence-electron chi connectivity index (χ4n) is 4.96. The summed E-state index contributed by atoms with van der Waals surface area (Å²) in [5, 5.41) is 5.15. The van der Waals surface area contributed by atoms with Gasteiger partial charge in [-0.25, -0.2) is 13.2 Å². The molecule has 0 radical (unpaired) electrons. The first-order valence-corrected chi connectivity index (χ1v) is 11.0. The lowest BCUT2D eigenvalue weighted by Crippen LogP contribution is -2.26. The average molecular weight is 468 g/mol. The molecule has 4 aromatic rings. The fraction of sp³-hybridized carbons (Fsp3) is 0.292. The second-order valence-corrected chi connectivity index (χ2v) is 8.67. The molecule has 174 valence electrons.